The average molecular weight is 474 g/mol. The minimum Gasteiger partial charge on any atom is -0.486 e. The van der Waals surface area contributed by atoms with E-state index in [1.165, 1.54) is 24.3 Å². The molecule has 2 aromatic carbocycles. The van der Waals surface area contributed by atoms with Gasteiger partial charge in [-0.25, -0.2) is 4.39 Å². The van der Waals surface area contributed by atoms with Crippen LogP contribution in [0.25, 0.3) is 0 Å². The number of amides is 1. The van der Waals surface area contributed by atoms with Crippen LogP contribution in [0.5, 0.6) is 5.75 Å². The third kappa shape index (κ3) is 5.63. The van der Waals surface area contributed by atoms with Crippen molar-refractivity contribution in [3.63, 3.8) is 0 Å². The summed E-state index contributed by atoms with van der Waals surface area (Å²) in [7, 11) is 0. The molecule has 0 spiro atoms. The Kier molecular flexibility index (Phi) is 6.97. The molecule has 34 heavy (non-hydrogen) atoms. The SMILES string of the molecule is O=C(Nc1ccc(N2CCNCC2)c(C(F)(F)F)c1)c1ccc(F)c(OCc2cccnc2)c1. The van der Waals surface area contributed by atoms with E-state index in [4.69, 9.17) is 4.74 Å². The van der Waals surface area contributed by atoms with Gasteiger partial charge in [0.2, 0.25) is 0 Å². The number of aromatic nitrogens is 1. The van der Waals surface area contributed by atoms with E-state index in [-0.39, 0.29) is 29.3 Å². The lowest BCUT2D eigenvalue weighted by atomic mass is 10.1. The molecule has 3 aromatic rings. The molecular weight excluding hydrogens is 452 g/mol. The summed E-state index contributed by atoms with van der Waals surface area (Å²) < 4.78 is 60.9. The minimum atomic E-state index is -4.59. The van der Waals surface area contributed by atoms with Crippen molar-refractivity contribution in [3.05, 3.63) is 83.4 Å². The van der Waals surface area contributed by atoms with Crippen LogP contribution in [-0.4, -0.2) is 37.1 Å². The molecule has 0 radical (unpaired) electrons. The van der Waals surface area contributed by atoms with Gasteiger partial charge in [-0.15, -0.1) is 0 Å². The number of piperazine rings is 1. The maximum atomic E-state index is 14.2. The van der Waals surface area contributed by atoms with E-state index in [2.05, 4.69) is 15.6 Å². The largest absolute Gasteiger partial charge is 0.486 e. The van der Waals surface area contributed by atoms with Crippen LogP contribution >= 0.6 is 0 Å². The molecule has 0 atom stereocenters. The number of nitrogens with one attached hydrogen (secondary N) is 2. The van der Waals surface area contributed by atoms with Crippen molar-refractivity contribution in [1.29, 1.82) is 0 Å². The number of carbonyl (C=O) groups is 1. The smallest absolute Gasteiger partial charge is 0.418 e. The Hall–Kier alpha value is -3.66. The second-order valence-corrected chi connectivity index (χ2v) is 7.72. The molecule has 178 valence electrons. The van der Waals surface area contributed by atoms with Crippen LogP contribution in [0.1, 0.15) is 21.5 Å². The van der Waals surface area contributed by atoms with E-state index in [0.717, 1.165) is 12.1 Å². The monoisotopic (exact) mass is 474 g/mol. The normalized spacial score (nSPS) is 14.1. The fourth-order valence-electron chi connectivity index (χ4n) is 3.63. The van der Waals surface area contributed by atoms with E-state index in [9.17, 15) is 22.4 Å². The lowest BCUT2D eigenvalue weighted by Crippen LogP contribution is -2.44. The lowest BCUT2D eigenvalue weighted by Gasteiger charge is -2.31. The second kappa shape index (κ2) is 10.1. The van der Waals surface area contributed by atoms with Gasteiger partial charge < -0.3 is 20.3 Å². The fraction of sp³-hybridized carbons (Fsp3) is 0.250. The number of anilines is 2. The average Bonchev–Trinajstić information content (AvgIpc) is 2.84. The van der Waals surface area contributed by atoms with Crippen molar-refractivity contribution in [3.8, 4) is 5.75 Å². The summed E-state index contributed by atoms with van der Waals surface area (Å²) in [4.78, 5) is 18.3. The molecule has 0 bridgehead atoms. The summed E-state index contributed by atoms with van der Waals surface area (Å²) in [6.45, 7) is 2.12. The molecule has 1 amide bonds. The first-order valence-corrected chi connectivity index (χ1v) is 10.6. The first kappa shape index (κ1) is 23.5. The van der Waals surface area contributed by atoms with Crippen molar-refractivity contribution in [2.75, 3.05) is 36.4 Å². The van der Waals surface area contributed by atoms with Gasteiger partial charge in [0.15, 0.2) is 11.6 Å². The summed E-state index contributed by atoms with van der Waals surface area (Å²) in [5.74, 6) is -1.50. The van der Waals surface area contributed by atoms with Crippen LogP contribution in [0, 0.1) is 5.82 Å². The van der Waals surface area contributed by atoms with Gasteiger partial charge in [-0.05, 0) is 42.5 Å². The van der Waals surface area contributed by atoms with Gasteiger partial charge in [0, 0.05) is 61.1 Å². The predicted molar refractivity (Wildman–Crippen MR) is 119 cm³/mol. The number of rotatable bonds is 6. The number of carbonyl (C=O) groups excluding carboxylic acids is 1. The molecule has 4 rings (SSSR count). The molecule has 6 nitrogen and oxygen atoms in total. The summed E-state index contributed by atoms with van der Waals surface area (Å²) >= 11 is 0. The molecule has 2 N–H and O–H groups in total. The van der Waals surface area contributed by atoms with Crippen LogP contribution in [0.15, 0.2) is 60.9 Å². The molecule has 2 heterocycles. The van der Waals surface area contributed by atoms with Gasteiger partial charge in [-0.3, -0.25) is 9.78 Å². The molecule has 1 aromatic heterocycles. The number of ether oxygens (including phenoxy) is 1. The van der Waals surface area contributed by atoms with Crippen molar-refractivity contribution < 1.29 is 27.1 Å². The third-order valence-corrected chi connectivity index (χ3v) is 5.33. The van der Waals surface area contributed by atoms with E-state index in [1.54, 1.807) is 29.4 Å². The van der Waals surface area contributed by atoms with Crippen LogP contribution in [0.2, 0.25) is 0 Å². The zero-order valence-electron chi connectivity index (χ0n) is 18.0. The molecule has 1 aliphatic heterocycles. The Bertz CT molecular complexity index is 1150. The standard InChI is InChI=1S/C24H22F4N4O2/c25-20-5-3-17(12-22(20)34-15-16-2-1-7-30-14-16)23(33)31-18-4-6-21(19(13-18)24(26,27)28)32-10-8-29-9-11-32/h1-7,12-14,29H,8-11,15H2,(H,31,33). The highest BCUT2D eigenvalue weighted by Crippen LogP contribution is 2.38. The van der Waals surface area contributed by atoms with Crippen LogP contribution < -0.4 is 20.3 Å². The number of alkyl halides is 3. The van der Waals surface area contributed by atoms with Gasteiger partial charge in [0.05, 0.1) is 5.56 Å². The van der Waals surface area contributed by atoms with E-state index >= 15 is 0 Å². The number of benzene rings is 2. The van der Waals surface area contributed by atoms with Crippen LogP contribution in [-0.2, 0) is 12.8 Å². The van der Waals surface area contributed by atoms with Crippen LogP contribution in [0.4, 0.5) is 28.9 Å². The van der Waals surface area contributed by atoms with Gasteiger partial charge in [0.1, 0.15) is 6.61 Å². The van der Waals surface area contributed by atoms with Crippen molar-refractivity contribution in [2.24, 2.45) is 0 Å². The number of pyridine rings is 1. The molecule has 1 fully saturated rings. The van der Waals surface area contributed by atoms with E-state index in [0.29, 0.717) is 31.7 Å². The molecule has 1 aliphatic rings. The summed E-state index contributed by atoms with van der Waals surface area (Å²) in [6, 6.07) is 10.7. The zero-order chi connectivity index (χ0) is 24.1. The quantitative estimate of drug-likeness (QED) is 0.516. The summed E-state index contributed by atoms with van der Waals surface area (Å²) in [5.41, 5.74) is -0.0200. The number of halogens is 4. The second-order valence-electron chi connectivity index (χ2n) is 7.72. The maximum Gasteiger partial charge on any atom is 0.418 e. The summed E-state index contributed by atoms with van der Waals surface area (Å²) in [6.07, 6.45) is -1.43. The van der Waals surface area contributed by atoms with E-state index < -0.39 is 23.5 Å². The molecule has 0 saturated carbocycles. The minimum absolute atomic E-state index is 0.0154. The topological polar surface area (TPSA) is 66.5 Å². The Morgan fingerprint density at radius 2 is 1.91 bits per heavy atom. The molecule has 0 unspecified atom stereocenters. The highest BCUT2D eigenvalue weighted by molar-refractivity contribution is 6.04. The summed E-state index contributed by atoms with van der Waals surface area (Å²) in [5, 5.41) is 5.57. The zero-order valence-corrected chi connectivity index (χ0v) is 18.0. The Morgan fingerprint density at radius 3 is 2.62 bits per heavy atom. The van der Waals surface area contributed by atoms with Gasteiger partial charge in [-0.2, -0.15) is 13.2 Å². The Morgan fingerprint density at radius 1 is 1.12 bits per heavy atom. The highest BCUT2D eigenvalue weighted by atomic mass is 19.4. The maximum absolute atomic E-state index is 14.2. The predicted octanol–water partition coefficient (Wildman–Crippen LogP) is 4.48. The molecule has 10 heteroatoms. The molecular formula is C24H22F4N4O2. The van der Waals surface area contributed by atoms with E-state index in [1.807, 2.05) is 0 Å². The Balaban J connectivity index is 1.51. The highest BCUT2D eigenvalue weighted by Gasteiger charge is 2.35. The number of hydrogen-bond donors (Lipinski definition) is 2. The first-order valence-electron chi connectivity index (χ1n) is 10.6. The lowest BCUT2D eigenvalue weighted by molar-refractivity contribution is -0.137. The third-order valence-electron chi connectivity index (χ3n) is 5.33. The van der Waals surface area contributed by atoms with Gasteiger partial charge in [0.25, 0.3) is 5.91 Å². The van der Waals surface area contributed by atoms with Crippen molar-refractivity contribution in [1.82, 2.24) is 10.3 Å². The van der Waals surface area contributed by atoms with Crippen molar-refractivity contribution >= 4 is 17.3 Å². The number of hydrogen-bond acceptors (Lipinski definition) is 5. The van der Waals surface area contributed by atoms with Crippen LogP contribution in [0.3, 0.4) is 0 Å². The number of nitrogens with zero attached hydrogens (tertiary/aromatic N) is 2. The van der Waals surface area contributed by atoms with Crippen molar-refractivity contribution in [2.45, 2.75) is 12.8 Å². The Labute approximate surface area is 193 Å². The molecule has 1 saturated heterocycles. The van der Waals surface area contributed by atoms with Gasteiger partial charge >= 0.3 is 6.18 Å². The molecule has 0 aliphatic carbocycles. The fourth-order valence-corrected chi connectivity index (χ4v) is 3.63. The first-order chi connectivity index (χ1) is 16.3. The van der Waals surface area contributed by atoms with Gasteiger partial charge in [-0.1, -0.05) is 6.07 Å².